The van der Waals surface area contributed by atoms with Crippen LogP contribution in [0.3, 0.4) is 0 Å². The summed E-state index contributed by atoms with van der Waals surface area (Å²) in [5.41, 5.74) is 0.962. The molecule has 0 radical (unpaired) electrons. The molecule has 0 aromatic heterocycles. The Balaban J connectivity index is 2.12. The maximum Gasteiger partial charge on any atom is 0.227 e. The smallest absolute Gasteiger partial charge is 0.227 e. The van der Waals surface area contributed by atoms with Crippen molar-refractivity contribution in [3.8, 4) is 6.07 Å². The van der Waals surface area contributed by atoms with Gasteiger partial charge in [-0.25, -0.2) is 0 Å². The molecule has 21 heavy (non-hydrogen) atoms. The van der Waals surface area contributed by atoms with Crippen molar-refractivity contribution in [1.82, 2.24) is 5.32 Å². The Morgan fingerprint density at radius 3 is 2.95 bits per heavy atom. The summed E-state index contributed by atoms with van der Waals surface area (Å²) in [7, 11) is 0. The summed E-state index contributed by atoms with van der Waals surface area (Å²) in [6.07, 6.45) is 0.177. The Labute approximate surface area is 133 Å². The van der Waals surface area contributed by atoms with E-state index in [9.17, 15) is 9.59 Å². The molecule has 1 aliphatic heterocycles. The fourth-order valence-corrected chi connectivity index (χ4v) is 2.55. The number of nitriles is 1. The number of thiol groups is 1. The zero-order chi connectivity index (χ0) is 15.4. The molecule has 2 amide bonds. The predicted octanol–water partition coefficient (Wildman–Crippen LogP) is 1.61. The van der Waals surface area contributed by atoms with E-state index in [2.05, 4.69) is 17.9 Å². The van der Waals surface area contributed by atoms with Gasteiger partial charge in [0.2, 0.25) is 11.8 Å². The first-order valence-corrected chi connectivity index (χ1v) is 7.46. The zero-order valence-corrected chi connectivity index (χ0v) is 12.8. The number of rotatable bonds is 4. The summed E-state index contributed by atoms with van der Waals surface area (Å²) < 4.78 is 0. The van der Waals surface area contributed by atoms with Crippen molar-refractivity contribution in [3.05, 3.63) is 28.8 Å². The first kappa shape index (κ1) is 15.7. The minimum atomic E-state index is -0.369. The fraction of sp³-hybridized carbons (Fsp3) is 0.357. The zero-order valence-electron chi connectivity index (χ0n) is 11.2. The third-order valence-corrected chi connectivity index (χ3v) is 3.83. The molecule has 1 heterocycles. The summed E-state index contributed by atoms with van der Waals surface area (Å²) in [6, 6.07) is 6.77. The van der Waals surface area contributed by atoms with E-state index in [1.54, 1.807) is 18.2 Å². The number of anilines is 1. The highest BCUT2D eigenvalue weighted by Crippen LogP contribution is 2.28. The highest BCUT2D eigenvalue weighted by molar-refractivity contribution is 7.80. The van der Waals surface area contributed by atoms with Gasteiger partial charge in [0.25, 0.3) is 0 Å². The van der Waals surface area contributed by atoms with Gasteiger partial charge in [-0.1, -0.05) is 11.6 Å². The minimum Gasteiger partial charge on any atom is -0.355 e. The topological polar surface area (TPSA) is 73.2 Å². The highest BCUT2D eigenvalue weighted by Gasteiger charge is 2.35. The lowest BCUT2D eigenvalue weighted by molar-refractivity contribution is -0.126. The van der Waals surface area contributed by atoms with Crippen molar-refractivity contribution in [3.63, 3.8) is 0 Å². The lowest BCUT2D eigenvalue weighted by Crippen LogP contribution is -2.34. The molecule has 1 unspecified atom stereocenters. The van der Waals surface area contributed by atoms with E-state index in [1.807, 2.05) is 6.07 Å². The molecule has 110 valence electrons. The second-order valence-corrected chi connectivity index (χ2v) is 5.55. The van der Waals surface area contributed by atoms with Crippen LogP contribution in [0.25, 0.3) is 0 Å². The number of hydrogen-bond acceptors (Lipinski definition) is 4. The number of benzene rings is 1. The van der Waals surface area contributed by atoms with Crippen LogP contribution in [0.5, 0.6) is 0 Å². The standard InChI is InChI=1S/C14H14ClN3O2S/c15-12-6-11(2-1-9(12)7-16)18-8-10(5-13(18)19)14(20)17-3-4-21/h1-2,6,10,21H,3-5,8H2,(H,17,20). The summed E-state index contributed by atoms with van der Waals surface area (Å²) in [4.78, 5) is 25.5. The Morgan fingerprint density at radius 1 is 1.57 bits per heavy atom. The van der Waals surface area contributed by atoms with E-state index < -0.39 is 0 Å². The molecule has 1 saturated heterocycles. The molecule has 0 saturated carbocycles. The molecule has 2 rings (SSSR count). The Hall–Kier alpha value is -1.71. The number of hydrogen-bond donors (Lipinski definition) is 2. The van der Waals surface area contributed by atoms with Gasteiger partial charge in [0, 0.05) is 31.0 Å². The van der Waals surface area contributed by atoms with Crippen LogP contribution in [0.1, 0.15) is 12.0 Å². The lowest BCUT2D eigenvalue weighted by Gasteiger charge is -2.17. The Bertz CT molecular complexity index is 615. The molecule has 1 atom stereocenters. The molecule has 0 aliphatic carbocycles. The van der Waals surface area contributed by atoms with Crippen LogP contribution in [-0.4, -0.2) is 30.7 Å². The number of nitrogens with one attached hydrogen (secondary N) is 1. The Morgan fingerprint density at radius 2 is 2.33 bits per heavy atom. The number of carbonyl (C=O) groups is 2. The Kier molecular flexibility index (Phi) is 5.10. The molecule has 0 bridgehead atoms. The van der Waals surface area contributed by atoms with Crippen LogP contribution < -0.4 is 10.2 Å². The van der Waals surface area contributed by atoms with Gasteiger partial charge in [0.1, 0.15) is 6.07 Å². The van der Waals surface area contributed by atoms with E-state index in [0.717, 1.165) is 0 Å². The molecule has 1 aromatic rings. The largest absolute Gasteiger partial charge is 0.355 e. The fourth-order valence-electron chi connectivity index (χ4n) is 2.22. The maximum atomic E-state index is 12.1. The van der Waals surface area contributed by atoms with E-state index in [0.29, 0.717) is 35.1 Å². The van der Waals surface area contributed by atoms with Crippen LogP contribution >= 0.6 is 24.2 Å². The van der Waals surface area contributed by atoms with Crippen LogP contribution in [0.15, 0.2) is 18.2 Å². The number of amides is 2. The van der Waals surface area contributed by atoms with Crippen LogP contribution in [0.4, 0.5) is 5.69 Å². The number of nitrogens with zero attached hydrogens (tertiary/aromatic N) is 2. The van der Waals surface area contributed by atoms with E-state index >= 15 is 0 Å². The van der Waals surface area contributed by atoms with Crippen molar-refractivity contribution in [1.29, 1.82) is 5.26 Å². The molecule has 0 spiro atoms. The first-order valence-electron chi connectivity index (χ1n) is 6.45. The quantitative estimate of drug-likeness (QED) is 0.827. The highest BCUT2D eigenvalue weighted by atomic mass is 35.5. The maximum absolute atomic E-state index is 12.1. The van der Waals surface area contributed by atoms with Crippen molar-refractivity contribution in [2.75, 3.05) is 23.7 Å². The first-order chi connectivity index (χ1) is 10.1. The average Bonchev–Trinajstić information content (AvgIpc) is 2.86. The summed E-state index contributed by atoms with van der Waals surface area (Å²) >= 11 is 10.0. The van der Waals surface area contributed by atoms with Crippen molar-refractivity contribution >= 4 is 41.7 Å². The average molecular weight is 324 g/mol. The normalized spacial score (nSPS) is 17.7. The SMILES string of the molecule is N#Cc1ccc(N2CC(C(=O)NCCS)CC2=O)cc1Cl. The van der Waals surface area contributed by atoms with Gasteiger partial charge in [-0.2, -0.15) is 17.9 Å². The van der Waals surface area contributed by atoms with Crippen molar-refractivity contribution in [2.24, 2.45) is 5.92 Å². The van der Waals surface area contributed by atoms with Gasteiger partial charge in [-0.15, -0.1) is 0 Å². The molecule has 1 aromatic carbocycles. The number of carbonyl (C=O) groups excluding carboxylic acids is 2. The number of halogens is 1. The molecule has 1 fully saturated rings. The molecule has 7 heteroatoms. The minimum absolute atomic E-state index is 0.123. The van der Waals surface area contributed by atoms with Gasteiger partial charge >= 0.3 is 0 Å². The van der Waals surface area contributed by atoms with Crippen LogP contribution in [0, 0.1) is 17.2 Å². The van der Waals surface area contributed by atoms with E-state index in [1.165, 1.54) is 4.90 Å². The van der Waals surface area contributed by atoms with Gasteiger partial charge in [-0.05, 0) is 18.2 Å². The third kappa shape index (κ3) is 3.49. The summed E-state index contributed by atoms with van der Waals surface area (Å²) in [6.45, 7) is 0.800. The monoisotopic (exact) mass is 323 g/mol. The molecule has 5 nitrogen and oxygen atoms in total. The van der Waals surface area contributed by atoms with Gasteiger partial charge in [0.05, 0.1) is 16.5 Å². The van der Waals surface area contributed by atoms with E-state index in [-0.39, 0.29) is 24.2 Å². The predicted molar refractivity (Wildman–Crippen MR) is 83.5 cm³/mol. The van der Waals surface area contributed by atoms with Gasteiger partial charge in [0.15, 0.2) is 0 Å². The molecular formula is C14H14ClN3O2S. The lowest BCUT2D eigenvalue weighted by atomic mass is 10.1. The molecule has 1 N–H and O–H groups in total. The second kappa shape index (κ2) is 6.83. The third-order valence-electron chi connectivity index (χ3n) is 3.29. The summed E-state index contributed by atoms with van der Waals surface area (Å²) in [5, 5.41) is 11.9. The van der Waals surface area contributed by atoms with Crippen LogP contribution in [0.2, 0.25) is 5.02 Å². The van der Waals surface area contributed by atoms with Crippen molar-refractivity contribution < 1.29 is 9.59 Å². The van der Waals surface area contributed by atoms with Crippen molar-refractivity contribution in [2.45, 2.75) is 6.42 Å². The molecule has 1 aliphatic rings. The molecular weight excluding hydrogens is 310 g/mol. The summed E-state index contributed by atoms with van der Waals surface area (Å²) in [5.74, 6) is -0.0744. The van der Waals surface area contributed by atoms with Gasteiger partial charge < -0.3 is 10.2 Å². The second-order valence-electron chi connectivity index (χ2n) is 4.70. The van der Waals surface area contributed by atoms with Gasteiger partial charge in [-0.3, -0.25) is 9.59 Å². The van der Waals surface area contributed by atoms with Crippen LogP contribution in [-0.2, 0) is 9.59 Å². The van der Waals surface area contributed by atoms with E-state index in [4.69, 9.17) is 16.9 Å².